The average Bonchev–Trinajstić information content (AvgIpc) is 2.61. The second kappa shape index (κ2) is 5.05. The van der Waals surface area contributed by atoms with E-state index in [1.54, 1.807) is 0 Å². The van der Waals surface area contributed by atoms with Crippen LogP contribution in [0.15, 0.2) is 30.3 Å². The Labute approximate surface area is 114 Å². The second-order valence-corrected chi connectivity index (χ2v) is 5.13. The molecule has 1 aliphatic heterocycles. The van der Waals surface area contributed by atoms with Crippen LogP contribution in [0.4, 0.5) is 5.69 Å². The zero-order valence-electron chi connectivity index (χ0n) is 11.6. The molecule has 4 nitrogen and oxygen atoms in total. The first-order chi connectivity index (χ1) is 9.24. The van der Waals surface area contributed by atoms with Gasteiger partial charge >= 0.3 is 0 Å². The number of rotatable bonds is 2. The van der Waals surface area contributed by atoms with E-state index >= 15 is 0 Å². The molecule has 1 aliphatic rings. The summed E-state index contributed by atoms with van der Waals surface area (Å²) < 4.78 is 1.98. The average molecular weight is 256 g/mol. The molecule has 0 aliphatic carbocycles. The van der Waals surface area contributed by atoms with Crippen molar-refractivity contribution in [3.05, 3.63) is 47.3 Å². The van der Waals surface area contributed by atoms with Gasteiger partial charge in [0.25, 0.3) is 0 Å². The third kappa shape index (κ3) is 2.49. The molecular formula is C15H20N4. The highest BCUT2D eigenvalue weighted by atomic mass is 15.3. The number of nitrogens with one attached hydrogen (secondary N) is 1. The summed E-state index contributed by atoms with van der Waals surface area (Å²) in [5.74, 6) is 0. The lowest BCUT2D eigenvalue weighted by molar-refractivity contribution is 0.655. The van der Waals surface area contributed by atoms with E-state index in [4.69, 9.17) is 0 Å². The van der Waals surface area contributed by atoms with Gasteiger partial charge in [-0.15, -0.1) is 0 Å². The standard InChI is InChI=1S/C15H20N4/c1-12-9-14(18(2)17-12)11-19-8-7-16-10-13-5-3-4-6-15(13)19/h3-6,9,16H,7-8,10-11H2,1-2H3. The molecule has 2 aromatic rings. The number of aromatic nitrogens is 2. The SMILES string of the molecule is Cc1cc(CN2CCNCc3ccccc32)n(C)n1. The molecule has 1 aromatic heterocycles. The minimum Gasteiger partial charge on any atom is -0.364 e. The van der Waals surface area contributed by atoms with Crippen LogP contribution in [0.25, 0.3) is 0 Å². The number of nitrogens with zero attached hydrogens (tertiary/aromatic N) is 3. The Morgan fingerprint density at radius 2 is 2.16 bits per heavy atom. The van der Waals surface area contributed by atoms with Crippen molar-refractivity contribution in [2.75, 3.05) is 18.0 Å². The molecule has 0 atom stereocenters. The zero-order chi connectivity index (χ0) is 13.2. The molecule has 19 heavy (non-hydrogen) atoms. The van der Waals surface area contributed by atoms with Crippen molar-refractivity contribution in [3.63, 3.8) is 0 Å². The quantitative estimate of drug-likeness (QED) is 0.890. The zero-order valence-corrected chi connectivity index (χ0v) is 11.6. The van der Waals surface area contributed by atoms with E-state index in [2.05, 4.69) is 45.6 Å². The summed E-state index contributed by atoms with van der Waals surface area (Å²) in [6.07, 6.45) is 0. The monoisotopic (exact) mass is 256 g/mol. The van der Waals surface area contributed by atoms with Crippen molar-refractivity contribution in [2.45, 2.75) is 20.0 Å². The molecule has 0 bridgehead atoms. The van der Waals surface area contributed by atoms with Crippen LogP contribution >= 0.6 is 0 Å². The Balaban J connectivity index is 1.90. The molecule has 2 heterocycles. The number of aryl methyl sites for hydroxylation is 2. The van der Waals surface area contributed by atoms with Gasteiger partial charge in [-0.2, -0.15) is 5.10 Å². The van der Waals surface area contributed by atoms with Crippen molar-refractivity contribution in [1.82, 2.24) is 15.1 Å². The van der Waals surface area contributed by atoms with E-state index in [1.807, 2.05) is 18.7 Å². The summed E-state index contributed by atoms with van der Waals surface area (Å²) in [6.45, 7) is 5.96. The maximum atomic E-state index is 4.43. The van der Waals surface area contributed by atoms with E-state index in [1.165, 1.54) is 16.9 Å². The third-order valence-electron chi connectivity index (χ3n) is 3.66. The number of anilines is 1. The van der Waals surface area contributed by atoms with Crippen molar-refractivity contribution >= 4 is 5.69 Å². The van der Waals surface area contributed by atoms with Gasteiger partial charge in [0.1, 0.15) is 0 Å². The molecule has 3 rings (SSSR count). The number of hydrogen-bond donors (Lipinski definition) is 1. The first kappa shape index (κ1) is 12.2. The Morgan fingerprint density at radius 3 is 2.95 bits per heavy atom. The van der Waals surface area contributed by atoms with Crippen molar-refractivity contribution in [2.24, 2.45) is 7.05 Å². The minimum absolute atomic E-state index is 0.913. The molecule has 1 aromatic carbocycles. The van der Waals surface area contributed by atoms with E-state index in [0.717, 1.165) is 31.9 Å². The van der Waals surface area contributed by atoms with Crippen LogP contribution in [0.5, 0.6) is 0 Å². The number of benzene rings is 1. The van der Waals surface area contributed by atoms with Crippen LogP contribution in [-0.4, -0.2) is 22.9 Å². The number of para-hydroxylation sites is 1. The summed E-state index contributed by atoms with van der Waals surface area (Å²) >= 11 is 0. The van der Waals surface area contributed by atoms with Gasteiger partial charge in [0.15, 0.2) is 0 Å². The summed E-state index contributed by atoms with van der Waals surface area (Å²) in [5, 5.41) is 7.91. The molecule has 0 radical (unpaired) electrons. The Hall–Kier alpha value is -1.81. The van der Waals surface area contributed by atoms with Crippen molar-refractivity contribution in [1.29, 1.82) is 0 Å². The lowest BCUT2D eigenvalue weighted by Crippen LogP contribution is -2.29. The first-order valence-electron chi connectivity index (χ1n) is 6.77. The Kier molecular flexibility index (Phi) is 3.25. The predicted octanol–water partition coefficient (Wildman–Crippen LogP) is 1.84. The first-order valence-corrected chi connectivity index (χ1v) is 6.77. The molecule has 0 saturated carbocycles. The largest absolute Gasteiger partial charge is 0.364 e. The molecule has 0 amide bonds. The van der Waals surface area contributed by atoms with Gasteiger partial charge in [-0.1, -0.05) is 18.2 Å². The molecule has 0 spiro atoms. The molecular weight excluding hydrogens is 236 g/mol. The van der Waals surface area contributed by atoms with E-state index in [9.17, 15) is 0 Å². The fraction of sp³-hybridized carbons (Fsp3) is 0.400. The molecule has 100 valence electrons. The van der Waals surface area contributed by atoms with Crippen LogP contribution in [0.1, 0.15) is 17.0 Å². The highest BCUT2D eigenvalue weighted by Gasteiger charge is 2.16. The summed E-state index contributed by atoms with van der Waals surface area (Å²) in [7, 11) is 2.02. The maximum Gasteiger partial charge on any atom is 0.0599 e. The van der Waals surface area contributed by atoms with Gasteiger partial charge in [0, 0.05) is 32.4 Å². The third-order valence-corrected chi connectivity index (χ3v) is 3.66. The molecule has 0 unspecified atom stereocenters. The van der Waals surface area contributed by atoms with Gasteiger partial charge in [0.05, 0.1) is 17.9 Å². The van der Waals surface area contributed by atoms with Gasteiger partial charge < -0.3 is 10.2 Å². The van der Waals surface area contributed by atoms with Crippen LogP contribution in [-0.2, 0) is 20.1 Å². The van der Waals surface area contributed by atoms with Crippen LogP contribution < -0.4 is 10.2 Å². The van der Waals surface area contributed by atoms with Crippen molar-refractivity contribution in [3.8, 4) is 0 Å². The van der Waals surface area contributed by atoms with Gasteiger partial charge in [0.2, 0.25) is 0 Å². The van der Waals surface area contributed by atoms with Gasteiger partial charge in [-0.3, -0.25) is 4.68 Å². The summed E-state index contributed by atoms with van der Waals surface area (Å²) in [6, 6.07) is 10.8. The van der Waals surface area contributed by atoms with Crippen molar-refractivity contribution < 1.29 is 0 Å². The summed E-state index contributed by atoms with van der Waals surface area (Å²) in [4.78, 5) is 2.44. The second-order valence-electron chi connectivity index (χ2n) is 5.13. The van der Waals surface area contributed by atoms with Crippen LogP contribution in [0, 0.1) is 6.92 Å². The Morgan fingerprint density at radius 1 is 1.32 bits per heavy atom. The van der Waals surface area contributed by atoms with Gasteiger partial charge in [-0.05, 0) is 24.6 Å². The number of fused-ring (bicyclic) bond motifs is 1. The van der Waals surface area contributed by atoms with E-state index < -0.39 is 0 Å². The fourth-order valence-corrected chi connectivity index (χ4v) is 2.70. The van der Waals surface area contributed by atoms with E-state index in [-0.39, 0.29) is 0 Å². The smallest absolute Gasteiger partial charge is 0.0599 e. The molecule has 1 N–H and O–H groups in total. The minimum atomic E-state index is 0.913. The Bertz CT molecular complexity index is 573. The lowest BCUT2D eigenvalue weighted by Gasteiger charge is -2.24. The van der Waals surface area contributed by atoms with Crippen LogP contribution in [0.3, 0.4) is 0 Å². The normalized spacial score (nSPS) is 15.2. The molecule has 0 saturated heterocycles. The lowest BCUT2D eigenvalue weighted by atomic mass is 10.1. The predicted molar refractivity (Wildman–Crippen MR) is 77.1 cm³/mol. The maximum absolute atomic E-state index is 4.43. The molecule has 4 heteroatoms. The van der Waals surface area contributed by atoms with Crippen LogP contribution in [0.2, 0.25) is 0 Å². The topological polar surface area (TPSA) is 33.1 Å². The summed E-state index contributed by atoms with van der Waals surface area (Å²) in [5.41, 5.74) is 5.05. The number of hydrogen-bond acceptors (Lipinski definition) is 3. The fourth-order valence-electron chi connectivity index (χ4n) is 2.70. The molecule has 0 fully saturated rings. The highest BCUT2D eigenvalue weighted by Crippen LogP contribution is 2.23. The van der Waals surface area contributed by atoms with Gasteiger partial charge in [-0.25, -0.2) is 0 Å². The highest BCUT2D eigenvalue weighted by molar-refractivity contribution is 5.54. The van der Waals surface area contributed by atoms with E-state index in [0.29, 0.717) is 0 Å².